The second-order valence-electron chi connectivity index (χ2n) is 5.87. The highest BCUT2D eigenvalue weighted by Crippen LogP contribution is 2.16. The van der Waals surface area contributed by atoms with Gasteiger partial charge in [0.2, 0.25) is 10.0 Å². The summed E-state index contributed by atoms with van der Waals surface area (Å²) in [6.45, 7) is 11.2. The van der Waals surface area contributed by atoms with Crippen LogP contribution in [-0.2, 0) is 16.6 Å². The van der Waals surface area contributed by atoms with E-state index in [2.05, 4.69) is 23.9 Å². The zero-order chi connectivity index (χ0) is 15.3. The molecule has 4 nitrogen and oxygen atoms in total. The minimum Gasteiger partial charge on any atom is -0.310 e. The summed E-state index contributed by atoms with van der Waals surface area (Å²) < 4.78 is 27.1. The predicted octanol–water partition coefficient (Wildman–Crippen LogP) is 2.43. The van der Waals surface area contributed by atoms with Crippen LogP contribution in [0.3, 0.4) is 0 Å². The zero-order valence-electron chi connectivity index (χ0n) is 13.0. The summed E-state index contributed by atoms with van der Waals surface area (Å²) >= 11 is 0. The highest BCUT2D eigenvalue weighted by molar-refractivity contribution is 7.89. The van der Waals surface area contributed by atoms with Crippen LogP contribution in [0.25, 0.3) is 0 Å². The van der Waals surface area contributed by atoms with Crippen molar-refractivity contribution in [2.75, 3.05) is 6.54 Å². The molecule has 0 atom stereocenters. The molecule has 0 radical (unpaired) electrons. The molecule has 2 N–H and O–H groups in total. The van der Waals surface area contributed by atoms with Gasteiger partial charge in [-0.1, -0.05) is 33.8 Å². The Morgan fingerprint density at radius 1 is 1.15 bits per heavy atom. The molecule has 20 heavy (non-hydrogen) atoms. The molecule has 1 aromatic carbocycles. The van der Waals surface area contributed by atoms with Crippen LogP contribution < -0.4 is 10.0 Å². The van der Waals surface area contributed by atoms with E-state index in [4.69, 9.17) is 0 Å². The third-order valence-electron chi connectivity index (χ3n) is 3.01. The number of hydrogen-bond acceptors (Lipinski definition) is 3. The van der Waals surface area contributed by atoms with Gasteiger partial charge in [-0.3, -0.25) is 0 Å². The van der Waals surface area contributed by atoms with Crippen LogP contribution in [0.2, 0.25) is 0 Å². The molecule has 114 valence electrons. The van der Waals surface area contributed by atoms with Gasteiger partial charge in [0, 0.05) is 19.1 Å². The smallest absolute Gasteiger partial charge is 0.240 e. The highest BCUT2D eigenvalue weighted by atomic mass is 32.2. The molecule has 0 aliphatic carbocycles. The van der Waals surface area contributed by atoms with Crippen molar-refractivity contribution in [1.29, 1.82) is 0 Å². The van der Waals surface area contributed by atoms with Crippen molar-refractivity contribution in [3.05, 3.63) is 29.3 Å². The Kier molecular flexibility index (Phi) is 6.17. The van der Waals surface area contributed by atoms with E-state index in [9.17, 15) is 8.42 Å². The lowest BCUT2D eigenvalue weighted by Crippen LogP contribution is -2.28. The molecular weight excluding hydrogens is 272 g/mol. The summed E-state index contributed by atoms with van der Waals surface area (Å²) in [5, 5.41) is 3.32. The van der Waals surface area contributed by atoms with Crippen LogP contribution >= 0.6 is 0 Å². The molecule has 0 heterocycles. The van der Waals surface area contributed by atoms with E-state index in [0.29, 0.717) is 24.0 Å². The third-order valence-corrected chi connectivity index (χ3v) is 4.43. The second-order valence-corrected chi connectivity index (χ2v) is 7.64. The molecule has 0 aliphatic heterocycles. The summed E-state index contributed by atoms with van der Waals surface area (Å²) in [7, 11) is -3.41. The number of benzene rings is 1. The quantitative estimate of drug-likeness (QED) is 0.813. The van der Waals surface area contributed by atoms with Gasteiger partial charge in [0.15, 0.2) is 0 Å². The Labute approximate surface area is 123 Å². The molecule has 0 saturated heterocycles. The van der Waals surface area contributed by atoms with Crippen molar-refractivity contribution in [2.24, 2.45) is 5.92 Å². The van der Waals surface area contributed by atoms with E-state index in [1.165, 1.54) is 0 Å². The number of nitrogens with one attached hydrogen (secondary N) is 2. The Bertz CT molecular complexity index is 537. The molecule has 1 aromatic rings. The number of aryl methyl sites for hydroxylation is 1. The molecule has 0 saturated carbocycles. The standard InChI is InChI=1S/C15H26N2O2S/c1-11(2)9-17-20(18,19)15-7-6-13(5)14(8-15)10-16-12(3)4/h6-8,11-12,16-17H,9-10H2,1-5H3. The first-order valence-corrected chi connectivity index (χ1v) is 8.53. The van der Waals surface area contributed by atoms with Crippen molar-refractivity contribution in [3.8, 4) is 0 Å². The maximum atomic E-state index is 12.2. The molecule has 0 fully saturated rings. The Hall–Kier alpha value is -0.910. The Balaban J connectivity index is 2.93. The average molecular weight is 298 g/mol. The van der Waals surface area contributed by atoms with Gasteiger partial charge in [0.1, 0.15) is 0 Å². The van der Waals surface area contributed by atoms with Crippen molar-refractivity contribution >= 4 is 10.0 Å². The summed E-state index contributed by atoms with van der Waals surface area (Å²) in [6.07, 6.45) is 0. The molecule has 5 heteroatoms. The summed E-state index contributed by atoms with van der Waals surface area (Å²) in [5.41, 5.74) is 2.12. The lowest BCUT2D eigenvalue weighted by atomic mass is 10.1. The molecule has 0 aromatic heterocycles. The molecule has 0 spiro atoms. The molecule has 0 unspecified atom stereocenters. The van der Waals surface area contributed by atoms with E-state index in [0.717, 1.165) is 11.1 Å². The van der Waals surface area contributed by atoms with Crippen molar-refractivity contribution < 1.29 is 8.42 Å². The molecule has 0 bridgehead atoms. The predicted molar refractivity (Wildman–Crippen MR) is 83.2 cm³/mol. The van der Waals surface area contributed by atoms with Crippen molar-refractivity contribution in [1.82, 2.24) is 10.0 Å². The Morgan fingerprint density at radius 2 is 1.80 bits per heavy atom. The monoisotopic (exact) mass is 298 g/mol. The first-order valence-electron chi connectivity index (χ1n) is 7.05. The van der Waals surface area contributed by atoms with Gasteiger partial charge in [-0.05, 0) is 36.1 Å². The van der Waals surface area contributed by atoms with Crippen LogP contribution in [0.15, 0.2) is 23.1 Å². The molecular formula is C15H26N2O2S. The van der Waals surface area contributed by atoms with Gasteiger partial charge in [-0.15, -0.1) is 0 Å². The third kappa shape index (κ3) is 5.23. The molecule has 0 amide bonds. The van der Waals surface area contributed by atoms with E-state index < -0.39 is 10.0 Å². The number of sulfonamides is 1. The Morgan fingerprint density at radius 3 is 2.35 bits per heavy atom. The van der Waals surface area contributed by atoms with Crippen LogP contribution in [-0.4, -0.2) is 21.0 Å². The molecule has 1 rings (SSSR count). The fourth-order valence-electron chi connectivity index (χ4n) is 1.68. The normalized spacial score (nSPS) is 12.3. The summed E-state index contributed by atoms with van der Waals surface area (Å²) in [4.78, 5) is 0.337. The van der Waals surface area contributed by atoms with Crippen LogP contribution in [0, 0.1) is 12.8 Å². The molecule has 0 aliphatic rings. The largest absolute Gasteiger partial charge is 0.310 e. The van der Waals surface area contributed by atoms with Gasteiger partial charge in [-0.2, -0.15) is 0 Å². The minimum atomic E-state index is -3.41. The highest BCUT2D eigenvalue weighted by Gasteiger charge is 2.15. The fourth-order valence-corrected chi connectivity index (χ4v) is 2.94. The van der Waals surface area contributed by atoms with Crippen molar-refractivity contribution in [3.63, 3.8) is 0 Å². The minimum absolute atomic E-state index is 0.289. The maximum Gasteiger partial charge on any atom is 0.240 e. The van der Waals surface area contributed by atoms with E-state index >= 15 is 0 Å². The van der Waals surface area contributed by atoms with Gasteiger partial charge in [0.05, 0.1) is 4.90 Å². The van der Waals surface area contributed by atoms with Gasteiger partial charge < -0.3 is 5.32 Å². The van der Waals surface area contributed by atoms with Crippen LogP contribution in [0.1, 0.15) is 38.8 Å². The average Bonchev–Trinajstić information content (AvgIpc) is 2.35. The maximum absolute atomic E-state index is 12.2. The van der Waals surface area contributed by atoms with Gasteiger partial charge >= 0.3 is 0 Å². The number of rotatable bonds is 7. The summed E-state index contributed by atoms with van der Waals surface area (Å²) in [5.74, 6) is 0.289. The lowest BCUT2D eigenvalue weighted by Gasteiger charge is -2.13. The van der Waals surface area contributed by atoms with Crippen LogP contribution in [0.4, 0.5) is 0 Å². The fraction of sp³-hybridized carbons (Fsp3) is 0.600. The van der Waals surface area contributed by atoms with Crippen LogP contribution in [0.5, 0.6) is 0 Å². The van der Waals surface area contributed by atoms with Gasteiger partial charge in [0.25, 0.3) is 0 Å². The summed E-state index contributed by atoms with van der Waals surface area (Å²) in [6, 6.07) is 5.65. The lowest BCUT2D eigenvalue weighted by molar-refractivity contribution is 0.559. The topological polar surface area (TPSA) is 58.2 Å². The zero-order valence-corrected chi connectivity index (χ0v) is 13.8. The van der Waals surface area contributed by atoms with Gasteiger partial charge in [-0.25, -0.2) is 13.1 Å². The first-order chi connectivity index (χ1) is 9.22. The first kappa shape index (κ1) is 17.1. The SMILES string of the molecule is Cc1ccc(S(=O)(=O)NCC(C)C)cc1CNC(C)C. The second kappa shape index (κ2) is 7.20. The van der Waals surface area contributed by atoms with Crippen molar-refractivity contribution in [2.45, 2.75) is 52.1 Å². The van der Waals surface area contributed by atoms with E-state index in [1.54, 1.807) is 12.1 Å². The number of hydrogen-bond donors (Lipinski definition) is 2. The van der Waals surface area contributed by atoms with E-state index in [-0.39, 0.29) is 5.92 Å². The van der Waals surface area contributed by atoms with E-state index in [1.807, 2.05) is 26.8 Å².